The van der Waals surface area contributed by atoms with Gasteiger partial charge in [0.15, 0.2) is 0 Å². The highest BCUT2D eigenvalue weighted by Crippen LogP contribution is 2.27. The normalized spacial score (nSPS) is 11.0. The van der Waals surface area contributed by atoms with Crippen molar-refractivity contribution in [2.24, 2.45) is 0 Å². The van der Waals surface area contributed by atoms with Gasteiger partial charge in [-0.25, -0.2) is 4.98 Å². The van der Waals surface area contributed by atoms with Crippen molar-refractivity contribution in [2.75, 3.05) is 5.73 Å². The minimum Gasteiger partial charge on any atom is -0.369 e. The molecule has 3 nitrogen and oxygen atoms in total. The van der Waals surface area contributed by atoms with E-state index in [2.05, 4.69) is 33.9 Å². The first-order valence-corrected chi connectivity index (χ1v) is 6.45. The van der Waals surface area contributed by atoms with Gasteiger partial charge < -0.3 is 5.73 Å². The summed E-state index contributed by atoms with van der Waals surface area (Å²) >= 11 is 3.48. The van der Waals surface area contributed by atoms with Gasteiger partial charge in [-0.2, -0.15) is 0 Å². The molecule has 18 heavy (non-hydrogen) atoms. The Morgan fingerprint density at radius 2 is 1.94 bits per heavy atom. The first-order valence-electron chi connectivity index (χ1n) is 5.66. The summed E-state index contributed by atoms with van der Waals surface area (Å²) in [5, 5.41) is 0. The average molecular weight is 302 g/mol. The van der Waals surface area contributed by atoms with E-state index in [-0.39, 0.29) is 0 Å². The van der Waals surface area contributed by atoms with E-state index in [4.69, 9.17) is 5.73 Å². The molecule has 0 bridgehead atoms. The minimum absolute atomic E-state index is 0.511. The Morgan fingerprint density at radius 1 is 1.17 bits per heavy atom. The molecular weight excluding hydrogens is 290 g/mol. The lowest BCUT2D eigenvalue weighted by atomic mass is 10.2. The Hall–Kier alpha value is -1.81. The fourth-order valence-corrected chi connectivity index (χ4v) is 2.48. The summed E-state index contributed by atoms with van der Waals surface area (Å²) in [6.07, 6.45) is 0. The Balaban J connectivity index is 2.38. The highest BCUT2D eigenvalue weighted by molar-refractivity contribution is 9.10. The van der Waals surface area contributed by atoms with Crippen molar-refractivity contribution >= 4 is 32.9 Å². The maximum atomic E-state index is 6.04. The van der Waals surface area contributed by atoms with Crippen LogP contribution in [0.1, 0.15) is 5.56 Å². The van der Waals surface area contributed by atoms with Gasteiger partial charge >= 0.3 is 0 Å². The van der Waals surface area contributed by atoms with Gasteiger partial charge in [-0.3, -0.25) is 4.57 Å². The second-order valence-electron chi connectivity index (χ2n) is 4.22. The maximum Gasteiger partial charge on any atom is 0.205 e. The Labute approximate surface area is 113 Å². The quantitative estimate of drug-likeness (QED) is 0.745. The molecule has 0 aliphatic heterocycles. The molecule has 0 saturated heterocycles. The smallest absolute Gasteiger partial charge is 0.205 e. The molecule has 2 N–H and O–H groups in total. The standard InChI is InChI=1S/C14H12BrN3/c1-9-4-2-3-5-12(9)18-13-8-10(15)6-7-11(13)17-14(18)16/h2-8H,1H3,(H2,16,17). The second kappa shape index (κ2) is 4.14. The lowest BCUT2D eigenvalue weighted by Gasteiger charge is -2.09. The number of nitrogens with two attached hydrogens (primary N) is 1. The largest absolute Gasteiger partial charge is 0.369 e. The van der Waals surface area contributed by atoms with E-state index in [9.17, 15) is 0 Å². The van der Waals surface area contributed by atoms with Gasteiger partial charge in [0.05, 0.1) is 16.7 Å². The monoisotopic (exact) mass is 301 g/mol. The third kappa shape index (κ3) is 1.69. The molecule has 3 rings (SSSR count). The number of aryl methyl sites for hydroxylation is 1. The number of benzene rings is 2. The van der Waals surface area contributed by atoms with E-state index < -0.39 is 0 Å². The number of halogens is 1. The van der Waals surface area contributed by atoms with Gasteiger partial charge in [-0.15, -0.1) is 0 Å². The molecule has 0 radical (unpaired) electrons. The highest BCUT2D eigenvalue weighted by Gasteiger charge is 2.11. The summed E-state index contributed by atoms with van der Waals surface area (Å²) in [6.45, 7) is 2.07. The molecule has 0 atom stereocenters. The third-order valence-corrected chi connectivity index (χ3v) is 3.49. The molecule has 3 aromatic rings. The molecule has 0 aliphatic rings. The van der Waals surface area contributed by atoms with Crippen LogP contribution in [0.15, 0.2) is 46.9 Å². The number of rotatable bonds is 1. The van der Waals surface area contributed by atoms with Crippen molar-refractivity contribution in [3.63, 3.8) is 0 Å². The third-order valence-electron chi connectivity index (χ3n) is 3.00. The number of nitrogen functional groups attached to an aromatic ring is 1. The number of imidazole rings is 1. The molecule has 0 amide bonds. The van der Waals surface area contributed by atoms with E-state index in [1.807, 2.05) is 41.0 Å². The lowest BCUT2D eigenvalue weighted by Crippen LogP contribution is -2.02. The van der Waals surface area contributed by atoms with Crippen LogP contribution in [0.5, 0.6) is 0 Å². The van der Waals surface area contributed by atoms with Crippen LogP contribution in [0.2, 0.25) is 0 Å². The molecule has 1 aromatic heterocycles. The van der Waals surface area contributed by atoms with E-state index in [1.54, 1.807) is 0 Å². The SMILES string of the molecule is Cc1ccccc1-n1c(N)nc2ccc(Br)cc21. The summed E-state index contributed by atoms with van der Waals surface area (Å²) in [5.41, 5.74) is 10.2. The van der Waals surface area contributed by atoms with E-state index >= 15 is 0 Å². The van der Waals surface area contributed by atoms with Crippen LogP contribution in [0.4, 0.5) is 5.95 Å². The minimum atomic E-state index is 0.511. The van der Waals surface area contributed by atoms with Gasteiger partial charge in [-0.1, -0.05) is 34.1 Å². The Bertz CT molecular complexity index is 731. The first kappa shape index (κ1) is 11.3. The zero-order valence-electron chi connectivity index (χ0n) is 9.89. The Kier molecular flexibility index (Phi) is 2.59. The fraction of sp³-hybridized carbons (Fsp3) is 0.0714. The molecule has 0 fully saturated rings. The van der Waals surface area contributed by atoms with Gasteiger partial charge in [-0.05, 0) is 36.8 Å². The molecular formula is C14H12BrN3. The zero-order valence-corrected chi connectivity index (χ0v) is 11.5. The van der Waals surface area contributed by atoms with Gasteiger partial charge in [0.25, 0.3) is 0 Å². The molecule has 0 saturated carbocycles. The zero-order chi connectivity index (χ0) is 12.7. The Morgan fingerprint density at radius 3 is 2.72 bits per heavy atom. The molecule has 0 spiro atoms. The molecule has 0 unspecified atom stereocenters. The number of nitrogens with zero attached hydrogens (tertiary/aromatic N) is 2. The number of aromatic nitrogens is 2. The number of hydrogen-bond acceptors (Lipinski definition) is 2. The van der Waals surface area contributed by atoms with Crippen LogP contribution in [0.25, 0.3) is 16.7 Å². The van der Waals surface area contributed by atoms with E-state index in [1.165, 1.54) is 5.56 Å². The van der Waals surface area contributed by atoms with Crippen LogP contribution >= 0.6 is 15.9 Å². The maximum absolute atomic E-state index is 6.04. The molecule has 2 aromatic carbocycles. The number of para-hydroxylation sites is 1. The topological polar surface area (TPSA) is 43.8 Å². The van der Waals surface area contributed by atoms with Crippen LogP contribution in [-0.4, -0.2) is 9.55 Å². The molecule has 4 heteroatoms. The van der Waals surface area contributed by atoms with Crippen LogP contribution in [0.3, 0.4) is 0 Å². The lowest BCUT2D eigenvalue weighted by molar-refractivity contribution is 1.09. The van der Waals surface area contributed by atoms with Crippen molar-refractivity contribution in [1.82, 2.24) is 9.55 Å². The summed E-state index contributed by atoms with van der Waals surface area (Å²) in [5.74, 6) is 0.511. The summed E-state index contributed by atoms with van der Waals surface area (Å²) in [6, 6.07) is 14.1. The predicted octanol–water partition coefficient (Wildman–Crippen LogP) is 3.68. The summed E-state index contributed by atoms with van der Waals surface area (Å²) < 4.78 is 3.00. The van der Waals surface area contributed by atoms with E-state index in [0.29, 0.717) is 5.95 Å². The van der Waals surface area contributed by atoms with E-state index in [0.717, 1.165) is 21.2 Å². The van der Waals surface area contributed by atoms with Gasteiger partial charge in [0.2, 0.25) is 5.95 Å². The van der Waals surface area contributed by atoms with Gasteiger partial charge in [0, 0.05) is 4.47 Å². The fourth-order valence-electron chi connectivity index (χ4n) is 2.13. The molecule has 1 heterocycles. The highest BCUT2D eigenvalue weighted by atomic mass is 79.9. The van der Waals surface area contributed by atoms with Crippen molar-refractivity contribution < 1.29 is 0 Å². The summed E-state index contributed by atoms with van der Waals surface area (Å²) in [4.78, 5) is 4.39. The molecule has 0 aliphatic carbocycles. The first-order chi connectivity index (χ1) is 8.66. The van der Waals surface area contributed by atoms with Crippen molar-refractivity contribution in [2.45, 2.75) is 6.92 Å². The predicted molar refractivity (Wildman–Crippen MR) is 77.9 cm³/mol. The van der Waals surface area contributed by atoms with Gasteiger partial charge in [0.1, 0.15) is 0 Å². The number of fused-ring (bicyclic) bond motifs is 1. The van der Waals surface area contributed by atoms with Crippen LogP contribution < -0.4 is 5.73 Å². The van der Waals surface area contributed by atoms with Crippen LogP contribution in [0, 0.1) is 6.92 Å². The van der Waals surface area contributed by atoms with Crippen LogP contribution in [-0.2, 0) is 0 Å². The average Bonchev–Trinajstić information content (AvgIpc) is 2.66. The summed E-state index contributed by atoms with van der Waals surface area (Å²) in [7, 11) is 0. The second-order valence-corrected chi connectivity index (χ2v) is 5.14. The molecule has 90 valence electrons. The number of anilines is 1. The van der Waals surface area contributed by atoms with Crippen molar-refractivity contribution in [3.05, 3.63) is 52.5 Å². The number of hydrogen-bond donors (Lipinski definition) is 1. The van der Waals surface area contributed by atoms with Crippen molar-refractivity contribution in [1.29, 1.82) is 0 Å². The van der Waals surface area contributed by atoms with Crippen molar-refractivity contribution in [3.8, 4) is 5.69 Å².